The van der Waals surface area contributed by atoms with Crippen LogP contribution in [0.4, 0.5) is 13.2 Å². The van der Waals surface area contributed by atoms with Crippen LogP contribution in [0.15, 0.2) is 5.38 Å². The van der Waals surface area contributed by atoms with Gasteiger partial charge in [0.05, 0.1) is 10.7 Å². The van der Waals surface area contributed by atoms with Crippen LogP contribution in [0.25, 0.3) is 0 Å². The second-order valence-electron chi connectivity index (χ2n) is 4.33. The molecule has 1 N–H and O–H groups in total. The lowest BCUT2D eigenvalue weighted by atomic mass is 10.3. The van der Waals surface area contributed by atoms with Crippen molar-refractivity contribution in [2.24, 2.45) is 0 Å². The third-order valence-electron chi connectivity index (χ3n) is 2.61. The van der Waals surface area contributed by atoms with Crippen molar-refractivity contribution in [1.29, 1.82) is 0 Å². The van der Waals surface area contributed by atoms with E-state index in [2.05, 4.69) is 10.3 Å². The Labute approximate surface area is 102 Å². The highest BCUT2D eigenvalue weighted by Gasteiger charge is 2.27. The maximum Gasteiger partial charge on any atom is 0.389 e. The third-order valence-corrected chi connectivity index (χ3v) is 3.57. The molecule has 0 unspecified atom stereocenters. The minimum atomic E-state index is -4.08. The molecule has 0 atom stereocenters. The second kappa shape index (κ2) is 5.35. The number of nitrogens with one attached hydrogen (secondary N) is 1. The van der Waals surface area contributed by atoms with Crippen molar-refractivity contribution < 1.29 is 13.2 Å². The molecule has 17 heavy (non-hydrogen) atoms. The highest BCUT2D eigenvalue weighted by Crippen LogP contribution is 2.23. The monoisotopic (exact) mass is 264 g/mol. The van der Waals surface area contributed by atoms with Crippen LogP contribution in [0, 0.1) is 0 Å². The van der Waals surface area contributed by atoms with Gasteiger partial charge < -0.3 is 5.32 Å². The van der Waals surface area contributed by atoms with E-state index < -0.39 is 12.6 Å². The fourth-order valence-electron chi connectivity index (χ4n) is 1.52. The highest BCUT2D eigenvalue weighted by atomic mass is 32.1. The topological polar surface area (TPSA) is 24.9 Å². The SMILES string of the molecule is FC(F)(F)CCc1nc(CCNC2CC2)cs1. The summed E-state index contributed by atoms with van der Waals surface area (Å²) in [6.07, 6.45) is -1.56. The van der Waals surface area contributed by atoms with Crippen LogP contribution < -0.4 is 5.32 Å². The molecule has 1 aliphatic carbocycles. The Bertz CT molecular complexity index is 358. The number of alkyl halides is 3. The lowest BCUT2D eigenvalue weighted by molar-refractivity contribution is -0.134. The van der Waals surface area contributed by atoms with E-state index >= 15 is 0 Å². The molecule has 0 bridgehead atoms. The molecule has 1 heterocycles. The first-order valence-electron chi connectivity index (χ1n) is 5.76. The first-order chi connectivity index (χ1) is 8.03. The smallest absolute Gasteiger partial charge is 0.314 e. The molecule has 1 aromatic heterocycles. The highest BCUT2D eigenvalue weighted by molar-refractivity contribution is 7.09. The number of rotatable bonds is 6. The molecule has 2 nitrogen and oxygen atoms in total. The van der Waals surface area contributed by atoms with Gasteiger partial charge in [0.25, 0.3) is 0 Å². The first kappa shape index (κ1) is 12.8. The summed E-state index contributed by atoms with van der Waals surface area (Å²) >= 11 is 1.33. The van der Waals surface area contributed by atoms with Gasteiger partial charge in [0, 0.05) is 37.2 Å². The van der Waals surface area contributed by atoms with Crippen LogP contribution in [0.1, 0.15) is 30.0 Å². The fraction of sp³-hybridized carbons (Fsp3) is 0.727. The van der Waals surface area contributed by atoms with Crippen LogP contribution >= 0.6 is 11.3 Å². The van der Waals surface area contributed by atoms with Gasteiger partial charge in [0.15, 0.2) is 0 Å². The van der Waals surface area contributed by atoms with E-state index in [1.54, 1.807) is 0 Å². The molecular formula is C11H15F3N2S. The van der Waals surface area contributed by atoms with E-state index in [0.29, 0.717) is 11.0 Å². The Morgan fingerprint density at radius 1 is 1.35 bits per heavy atom. The molecule has 0 amide bonds. The fourth-order valence-corrected chi connectivity index (χ4v) is 2.35. The summed E-state index contributed by atoms with van der Waals surface area (Å²) < 4.78 is 36.0. The predicted molar refractivity (Wildman–Crippen MR) is 61.2 cm³/mol. The molecule has 1 saturated carbocycles. The number of nitrogens with zero attached hydrogens (tertiary/aromatic N) is 1. The largest absolute Gasteiger partial charge is 0.389 e. The van der Waals surface area contributed by atoms with E-state index in [9.17, 15) is 13.2 Å². The van der Waals surface area contributed by atoms with Gasteiger partial charge in [0.1, 0.15) is 0 Å². The number of hydrogen-bond acceptors (Lipinski definition) is 3. The van der Waals surface area contributed by atoms with E-state index in [1.165, 1.54) is 24.2 Å². The van der Waals surface area contributed by atoms with Gasteiger partial charge in [-0.2, -0.15) is 13.2 Å². The zero-order valence-electron chi connectivity index (χ0n) is 9.39. The summed E-state index contributed by atoms with van der Waals surface area (Å²) in [6.45, 7) is 0.868. The van der Waals surface area contributed by atoms with E-state index in [4.69, 9.17) is 0 Å². The lowest BCUT2D eigenvalue weighted by Crippen LogP contribution is -2.19. The van der Waals surface area contributed by atoms with Gasteiger partial charge in [-0.3, -0.25) is 0 Å². The Balaban J connectivity index is 1.70. The molecule has 1 aliphatic rings. The Morgan fingerprint density at radius 3 is 2.76 bits per heavy atom. The molecule has 0 aromatic carbocycles. The van der Waals surface area contributed by atoms with E-state index in [-0.39, 0.29) is 6.42 Å². The Kier molecular flexibility index (Phi) is 4.04. The zero-order valence-corrected chi connectivity index (χ0v) is 10.2. The van der Waals surface area contributed by atoms with Gasteiger partial charge in [-0.05, 0) is 12.8 Å². The predicted octanol–water partition coefficient (Wildman–Crippen LogP) is 2.93. The third kappa shape index (κ3) is 5.04. The van der Waals surface area contributed by atoms with E-state index in [1.807, 2.05) is 5.38 Å². The molecule has 96 valence electrons. The van der Waals surface area contributed by atoms with Crippen molar-refractivity contribution >= 4 is 11.3 Å². The first-order valence-corrected chi connectivity index (χ1v) is 6.64. The molecule has 0 saturated heterocycles. The molecule has 6 heteroatoms. The van der Waals surface area contributed by atoms with Crippen LogP contribution in [0.3, 0.4) is 0 Å². The van der Waals surface area contributed by atoms with Crippen molar-refractivity contribution in [1.82, 2.24) is 10.3 Å². The Morgan fingerprint density at radius 2 is 2.12 bits per heavy atom. The van der Waals surface area contributed by atoms with Crippen LogP contribution in [-0.2, 0) is 12.8 Å². The van der Waals surface area contributed by atoms with Crippen LogP contribution in [0.2, 0.25) is 0 Å². The van der Waals surface area contributed by atoms with Gasteiger partial charge in [-0.25, -0.2) is 4.98 Å². The number of aromatic nitrogens is 1. The standard InChI is InChI=1S/C11H15F3N2S/c12-11(13,14)5-3-10-16-9(7-17-10)4-6-15-8-1-2-8/h7-8,15H,1-6H2. The molecule has 1 aromatic rings. The van der Waals surface area contributed by atoms with Gasteiger partial charge >= 0.3 is 6.18 Å². The van der Waals surface area contributed by atoms with Crippen LogP contribution in [0.5, 0.6) is 0 Å². The van der Waals surface area contributed by atoms with Crippen molar-refractivity contribution in [2.45, 2.75) is 44.3 Å². The minimum absolute atomic E-state index is 0.00419. The summed E-state index contributed by atoms with van der Waals surface area (Å²) in [5, 5.41) is 5.80. The summed E-state index contributed by atoms with van der Waals surface area (Å²) in [5.74, 6) is 0. The number of thiazole rings is 1. The summed E-state index contributed by atoms with van der Waals surface area (Å²) in [7, 11) is 0. The second-order valence-corrected chi connectivity index (χ2v) is 5.27. The molecule has 1 fully saturated rings. The molecule has 0 radical (unpaired) electrons. The van der Waals surface area contributed by atoms with Crippen molar-refractivity contribution in [2.75, 3.05) is 6.54 Å². The van der Waals surface area contributed by atoms with Crippen molar-refractivity contribution in [3.63, 3.8) is 0 Å². The Hall–Kier alpha value is -0.620. The van der Waals surface area contributed by atoms with E-state index in [0.717, 1.165) is 18.7 Å². The summed E-state index contributed by atoms with van der Waals surface area (Å²) in [6, 6.07) is 0.665. The molecule has 0 spiro atoms. The summed E-state index contributed by atoms with van der Waals surface area (Å²) in [5.41, 5.74) is 0.903. The zero-order chi connectivity index (χ0) is 12.3. The van der Waals surface area contributed by atoms with Gasteiger partial charge in [0.2, 0.25) is 0 Å². The average molecular weight is 264 g/mol. The summed E-state index contributed by atoms with van der Waals surface area (Å²) in [4.78, 5) is 4.21. The molecule has 2 rings (SSSR count). The van der Waals surface area contributed by atoms with Gasteiger partial charge in [-0.1, -0.05) is 0 Å². The number of aryl methyl sites for hydroxylation is 1. The number of halogens is 3. The molecule has 0 aliphatic heterocycles. The lowest BCUT2D eigenvalue weighted by Gasteiger charge is -2.03. The van der Waals surface area contributed by atoms with Crippen molar-refractivity contribution in [3.8, 4) is 0 Å². The van der Waals surface area contributed by atoms with Gasteiger partial charge in [-0.15, -0.1) is 11.3 Å². The molecular weight excluding hydrogens is 249 g/mol. The average Bonchev–Trinajstić information content (AvgIpc) is 2.93. The van der Waals surface area contributed by atoms with Crippen molar-refractivity contribution in [3.05, 3.63) is 16.1 Å². The minimum Gasteiger partial charge on any atom is -0.314 e. The maximum atomic E-state index is 12.0. The quantitative estimate of drug-likeness (QED) is 0.854. The maximum absolute atomic E-state index is 12.0. The number of hydrogen-bond donors (Lipinski definition) is 1. The normalized spacial score (nSPS) is 16.4. The van der Waals surface area contributed by atoms with Crippen LogP contribution in [-0.4, -0.2) is 23.7 Å².